The minimum atomic E-state index is -0.00240. The molecule has 106 valence electrons. The Bertz CT molecular complexity index is 556. The molecular weight excluding hydrogens is 289 g/mol. The highest BCUT2D eigenvalue weighted by molar-refractivity contribution is 6.36. The SMILES string of the molecule is CNC(c1ccc(C(C)C)cc1)c1c(Cl)cccc1Cl. The molecule has 0 aliphatic carbocycles. The van der Waals surface area contributed by atoms with Crippen LogP contribution in [0.4, 0.5) is 0 Å². The molecule has 20 heavy (non-hydrogen) atoms. The van der Waals surface area contributed by atoms with E-state index in [9.17, 15) is 0 Å². The maximum Gasteiger partial charge on any atom is 0.0603 e. The molecule has 0 aliphatic heterocycles. The molecule has 0 fully saturated rings. The van der Waals surface area contributed by atoms with Crippen molar-refractivity contribution in [1.29, 1.82) is 0 Å². The fourth-order valence-electron chi connectivity index (χ4n) is 2.34. The Labute approximate surface area is 130 Å². The number of hydrogen-bond acceptors (Lipinski definition) is 1. The van der Waals surface area contributed by atoms with Crippen molar-refractivity contribution in [3.8, 4) is 0 Å². The molecule has 2 aromatic rings. The first-order chi connectivity index (χ1) is 9.54. The Hall–Kier alpha value is -1.02. The number of hydrogen-bond donors (Lipinski definition) is 1. The van der Waals surface area contributed by atoms with Crippen LogP contribution in [0.3, 0.4) is 0 Å². The molecule has 1 N–H and O–H groups in total. The Kier molecular flexibility index (Phi) is 5.09. The monoisotopic (exact) mass is 307 g/mol. The van der Waals surface area contributed by atoms with Gasteiger partial charge in [-0.25, -0.2) is 0 Å². The summed E-state index contributed by atoms with van der Waals surface area (Å²) in [6, 6.07) is 14.2. The average molecular weight is 308 g/mol. The van der Waals surface area contributed by atoms with Crippen LogP contribution in [0.2, 0.25) is 10.0 Å². The molecule has 0 amide bonds. The zero-order valence-corrected chi connectivity index (χ0v) is 13.5. The van der Waals surface area contributed by atoms with E-state index in [4.69, 9.17) is 23.2 Å². The third kappa shape index (κ3) is 3.17. The van der Waals surface area contributed by atoms with Crippen LogP contribution in [0, 0.1) is 0 Å². The van der Waals surface area contributed by atoms with Gasteiger partial charge in [-0.15, -0.1) is 0 Å². The number of rotatable bonds is 4. The molecule has 0 saturated carbocycles. The molecule has 0 bridgehead atoms. The summed E-state index contributed by atoms with van der Waals surface area (Å²) in [6.07, 6.45) is 0. The molecule has 2 aromatic carbocycles. The third-order valence-electron chi connectivity index (χ3n) is 3.51. The molecule has 1 unspecified atom stereocenters. The van der Waals surface area contributed by atoms with Gasteiger partial charge in [0.15, 0.2) is 0 Å². The quantitative estimate of drug-likeness (QED) is 0.794. The second kappa shape index (κ2) is 6.62. The van der Waals surface area contributed by atoms with Crippen LogP contribution in [0.1, 0.15) is 42.5 Å². The van der Waals surface area contributed by atoms with Crippen molar-refractivity contribution < 1.29 is 0 Å². The van der Waals surface area contributed by atoms with Gasteiger partial charge in [0.25, 0.3) is 0 Å². The highest BCUT2D eigenvalue weighted by atomic mass is 35.5. The summed E-state index contributed by atoms with van der Waals surface area (Å²) >= 11 is 12.6. The zero-order chi connectivity index (χ0) is 14.7. The summed E-state index contributed by atoms with van der Waals surface area (Å²) in [4.78, 5) is 0. The van der Waals surface area contributed by atoms with Crippen molar-refractivity contribution in [3.05, 3.63) is 69.2 Å². The van der Waals surface area contributed by atoms with E-state index in [2.05, 4.69) is 43.4 Å². The fourth-order valence-corrected chi connectivity index (χ4v) is 2.95. The third-order valence-corrected chi connectivity index (χ3v) is 4.17. The summed E-state index contributed by atoms with van der Waals surface area (Å²) in [5, 5.41) is 4.67. The van der Waals surface area contributed by atoms with E-state index in [1.807, 2.05) is 25.2 Å². The highest BCUT2D eigenvalue weighted by Gasteiger charge is 2.18. The van der Waals surface area contributed by atoms with Gasteiger partial charge in [-0.2, -0.15) is 0 Å². The van der Waals surface area contributed by atoms with Gasteiger partial charge in [-0.1, -0.05) is 67.4 Å². The van der Waals surface area contributed by atoms with Crippen molar-refractivity contribution >= 4 is 23.2 Å². The smallest absolute Gasteiger partial charge is 0.0603 e. The van der Waals surface area contributed by atoms with E-state index in [0.29, 0.717) is 16.0 Å². The van der Waals surface area contributed by atoms with Gasteiger partial charge in [0.2, 0.25) is 0 Å². The Morgan fingerprint density at radius 2 is 1.35 bits per heavy atom. The van der Waals surface area contributed by atoms with E-state index >= 15 is 0 Å². The molecule has 0 aromatic heterocycles. The molecule has 2 rings (SSSR count). The van der Waals surface area contributed by atoms with Crippen molar-refractivity contribution in [2.45, 2.75) is 25.8 Å². The van der Waals surface area contributed by atoms with Gasteiger partial charge in [0, 0.05) is 15.6 Å². The molecule has 0 radical (unpaired) electrons. The Morgan fingerprint density at radius 3 is 1.80 bits per heavy atom. The normalized spacial score (nSPS) is 12.7. The predicted molar refractivity (Wildman–Crippen MR) is 87.9 cm³/mol. The Morgan fingerprint density at radius 1 is 0.850 bits per heavy atom. The summed E-state index contributed by atoms with van der Waals surface area (Å²) in [6.45, 7) is 4.38. The van der Waals surface area contributed by atoms with Crippen LogP contribution in [-0.4, -0.2) is 7.05 Å². The standard InChI is InChI=1S/C17H19Cl2N/c1-11(2)12-7-9-13(10-8-12)17(20-3)16-14(18)5-4-6-15(16)19/h4-11,17,20H,1-3H3. The first kappa shape index (κ1) is 15.4. The first-order valence-corrected chi connectivity index (χ1v) is 7.51. The topological polar surface area (TPSA) is 12.0 Å². The van der Waals surface area contributed by atoms with Crippen molar-refractivity contribution in [2.75, 3.05) is 7.05 Å². The second-order valence-electron chi connectivity index (χ2n) is 5.18. The molecule has 0 spiro atoms. The summed E-state index contributed by atoms with van der Waals surface area (Å²) < 4.78 is 0. The van der Waals surface area contributed by atoms with Crippen molar-refractivity contribution in [2.24, 2.45) is 0 Å². The number of benzene rings is 2. The van der Waals surface area contributed by atoms with Crippen molar-refractivity contribution in [3.63, 3.8) is 0 Å². The van der Waals surface area contributed by atoms with E-state index < -0.39 is 0 Å². The van der Waals surface area contributed by atoms with Crippen LogP contribution in [0.25, 0.3) is 0 Å². The van der Waals surface area contributed by atoms with Crippen LogP contribution in [0.5, 0.6) is 0 Å². The van der Waals surface area contributed by atoms with E-state index in [-0.39, 0.29) is 6.04 Å². The average Bonchev–Trinajstić information content (AvgIpc) is 2.43. The van der Waals surface area contributed by atoms with Gasteiger partial charge in [-0.3, -0.25) is 0 Å². The van der Waals surface area contributed by atoms with Crippen LogP contribution in [-0.2, 0) is 0 Å². The molecule has 0 saturated heterocycles. The molecular formula is C17H19Cl2N. The lowest BCUT2D eigenvalue weighted by atomic mass is 9.95. The highest BCUT2D eigenvalue weighted by Crippen LogP contribution is 2.34. The number of nitrogens with one attached hydrogen (secondary N) is 1. The molecule has 1 atom stereocenters. The van der Waals surface area contributed by atoms with Gasteiger partial charge in [0.1, 0.15) is 0 Å². The summed E-state index contributed by atoms with van der Waals surface area (Å²) in [5.74, 6) is 0.529. The van der Waals surface area contributed by atoms with E-state index in [1.54, 1.807) is 0 Å². The summed E-state index contributed by atoms with van der Waals surface area (Å²) in [5.41, 5.74) is 3.41. The van der Waals surface area contributed by atoms with Gasteiger partial charge >= 0.3 is 0 Å². The maximum absolute atomic E-state index is 6.31. The molecule has 0 aliphatic rings. The second-order valence-corrected chi connectivity index (χ2v) is 5.99. The zero-order valence-electron chi connectivity index (χ0n) is 12.0. The van der Waals surface area contributed by atoms with Gasteiger partial charge < -0.3 is 5.32 Å². The van der Waals surface area contributed by atoms with Gasteiger partial charge in [-0.05, 0) is 36.2 Å². The molecule has 3 heteroatoms. The van der Waals surface area contributed by atoms with Crippen LogP contribution < -0.4 is 5.32 Å². The first-order valence-electron chi connectivity index (χ1n) is 6.75. The van der Waals surface area contributed by atoms with E-state index in [0.717, 1.165) is 11.1 Å². The van der Waals surface area contributed by atoms with E-state index in [1.165, 1.54) is 5.56 Å². The lowest BCUT2D eigenvalue weighted by molar-refractivity contribution is 0.691. The lowest BCUT2D eigenvalue weighted by Gasteiger charge is -2.20. The largest absolute Gasteiger partial charge is 0.309 e. The van der Waals surface area contributed by atoms with Gasteiger partial charge in [0.05, 0.1) is 6.04 Å². The maximum atomic E-state index is 6.31. The molecule has 0 heterocycles. The number of halogens is 2. The van der Waals surface area contributed by atoms with Crippen LogP contribution in [0.15, 0.2) is 42.5 Å². The Balaban J connectivity index is 2.42. The predicted octanol–water partition coefficient (Wildman–Crippen LogP) is 5.43. The minimum absolute atomic E-state index is 0.00240. The fraction of sp³-hybridized carbons (Fsp3) is 0.294. The summed E-state index contributed by atoms with van der Waals surface area (Å²) in [7, 11) is 1.92. The van der Waals surface area contributed by atoms with Crippen molar-refractivity contribution in [1.82, 2.24) is 5.32 Å². The minimum Gasteiger partial charge on any atom is -0.309 e. The lowest BCUT2D eigenvalue weighted by Crippen LogP contribution is -2.18. The van der Waals surface area contributed by atoms with Crippen LogP contribution >= 0.6 is 23.2 Å². The molecule has 1 nitrogen and oxygen atoms in total.